The SMILES string of the molecule is Cc1cnn(C)c1CN1CCCC1c1cccnc1. The zero-order valence-corrected chi connectivity index (χ0v) is 11.6. The molecule has 0 saturated carbocycles. The van der Waals surface area contributed by atoms with Crippen LogP contribution in [-0.2, 0) is 13.6 Å². The molecule has 1 aliphatic rings. The van der Waals surface area contributed by atoms with Crippen molar-refractivity contribution in [1.29, 1.82) is 0 Å². The third-order valence-electron chi connectivity index (χ3n) is 4.06. The Bertz CT molecular complexity index is 527. The zero-order chi connectivity index (χ0) is 13.2. The van der Waals surface area contributed by atoms with Gasteiger partial charge < -0.3 is 0 Å². The lowest BCUT2D eigenvalue weighted by Crippen LogP contribution is -2.24. The Morgan fingerprint density at radius 3 is 2.95 bits per heavy atom. The van der Waals surface area contributed by atoms with Gasteiger partial charge in [0.2, 0.25) is 0 Å². The van der Waals surface area contributed by atoms with E-state index in [4.69, 9.17) is 0 Å². The highest BCUT2D eigenvalue weighted by Crippen LogP contribution is 2.32. The molecule has 1 atom stereocenters. The molecular weight excluding hydrogens is 236 g/mol. The maximum Gasteiger partial charge on any atom is 0.0550 e. The van der Waals surface area contributed by atoms with E-state index >= 15 is 0 Å². The van der Waals surface area contributed by atoms with Crippen LogP contribution in [-0.4, -0.2) is 26.2 Å². The minimum atomic E-state index is 0.503. The second-order valence-corrected chi connectivity index (χ2v) is 5.31. The Hall–Kier alpha value is -1.68. The third-order valence-corrected chi connectivity index (χ3v) is 4.06. The van der Waals surface area contributed by atoms with Crippen molar-refractivity contribution in [1.82, 2.24) is 19.7 Å². The molecule has 0 radical (unpaired) electrons. The van der Waals surface area contributed by atoms with Gasteiger partial charge in [0.25, 0.3) is 0 Å². The molecule has 1 fully saturated rings. The van der Waals surface area contributed by atoms with Crippen molar-refractivity contribution < 1.29 is 0 Å². The van der Waals surface area contributed by atoms with Crippen LogP contribution in [0.4, 0.5) is 0 Å². The van der Waals surface area contributed by atoms with Crippen LogP contribution in [0.5, 0.6) is 0 Å². The first-order valence-electron chi connectivity index (χ1n) is 6.87. The van der Waals surface area contributed by atoms with E-state index in [1.807, 2.05) is 36.4 Å². The normalized spacial score (nSPS) is 20.0. The minimum absolute atomic E-state index is 0.503. The number of aromatic nitrogens is 3. The number of pyridine rings is 1. The monoisotopic (exact) mass is 256 g/mol. The highest BCUT2D eigenvalue weighted by Gasteiger charge is 2.27. The Morgan fingerprint density at radius 2 is 2.26 bits per heavy atom. The number of hydrogen-bond acceptors (Lipinski definition) is 3. The van der Waals surface area contributed by atoms with Gasteiger partial charge in [0, 0.05) is 32.0 Å². The van der Waals surface area contributed by atoms with Gasteiger partial charge in [-0.2, -0.15) is 5.10 Å². The molecule has 1 aliphatic heterocycles. The van der Waals surface area contributed by atoms with Gasteiger partial charge in [-0.25, -0.2) is 0 Å². The van der Waals surface area contributed by atoms with Gasteiger partial charge in [0.05, 0.1) is 11.9 Å². The largest absolute Gasteiger partial charge is 0.290 e. The maximum absolute atomic E-state index is 4.33. The molecule has 0 N–H and O–H groups in total. The highest BCUT2D eigenvalue weighted by atomic mass is 15.3. The molecule has 2 aromatic rings. The summed E-state index contributed by atoms with van der Waals surface area (Å²) in [6.45, 7) is 4.27. The Labute approximate surface area is 114 Å². The fourth-order valence-corrected chi connectivity index (χ4v) is 2.96. The van der Waals surface area contributed by atoms with Crippen LogP contribution >= 0.6 is 0 Å². The number of nitrogens with zero attached hydrogens (tertiary/aromatic N) is 4. The zero-order valence-electron chi connectivity index (χ0n) is 11.6. The summed E-state index contributed by atoms with van der Waals surface area (Å²) in [4.78, 5) is 6.79. The molecule has 0 aromatic carbocycles. The lowest BCUT2D eigenvalue weighted by Gasteiger charge is -2.24. The molecule has 4 heteroatoms. The van der Waals surface area contributed by atoms with E-state index < -0.39 is 0 Å². The average Bonchev–Trinajstić information content (AvgIpc) is 3.02. The van der Waals surface area contributed by atoms with Crippen LogP contribution < -0.4 is 0 Å². The van der Waals surface area contributed by atoms with Crippen molar-refractivity contribution in [2.75, 3.05) is 6.54 Å². The van der Waals surface area contributed by atoms with Gasteiger partial charge in [-0.3, -0.25) is 14.6 Å². The molecule has 0 bridgehead atoms. The lowest BCUT2D eigenvalue weighted by atomic mass is 10.1. The first kappa shape index (κ1) is 12.4. The predicted molar refractivity (Wildman–Crippen MR) is 74.6 cm³/mol. The summed E-state index contributed by atoms with van der Waals surface area (Å²) in [5.74, 6) is 0. The van der Waals surface area contributed by atoms with Gasteiger partial charge in [0.1, 0.15) is 0 Å². The molecule has 3 rings (SSSR count). The molecule has 4 nitrogen and oxygen atoms in total. The van der Waals surface area contributed by atoms with E-state index in [2.05, 4.69) is 28.0 Å². The molecule has 19 heavy (non-hydrogen) atoms. The van der Waals surface area contributed by atoms with Crippen molar-refractivity contribution in [3.63, 3.8) is 0 Å². The standard InChI is InChI=1S/C15H20N4/c1-12-9-17-18(2)15(12)11-19-8-4-6-14(19)13-5-3-7-16-10-13/h3,5,7,9-10,14H,4,6,8,11H2,1-2H3. The third kappa shape index (κ3) is 2.40. The predicted octanol–water partition coefficient (Wildman–Crippen LogP) is 2.46. The topological polar surface area (TPSA) is 34.0 Å². The van der Waals surface area contributed by atoms with Crippen molar-refractivity contribution >= 4 is 0 Å². The summed E-state index contributed by atoms with van der Waals surface area (Å²) < 4.78 is 1.99. The first-order valence-corrected chi connectivity index (χ1v) is 6.87. The summed E-state index contributed by atoms with van der Waals surface area (Å²) in [5.41, 5.74) is 3.93. The summed E-state index contributed by atoms with van der Waals surface area (Å²) in [6, 6.07) is 4.72. The van der Waals surface area contributed by atoms with Gasteiger partial charge in [0.15, 0.2) is 0 Å². The molecule has 0 spiro atoms. The smallest absolute Gasteiger partial charge is 0.0550 e. The van der Waals surface area contributed by atoms with Crippen LogP contribution in [0.1, 0.15) is 35.7 Å². The van der Waals surface area contributed by atoms with Crippen LogP contribution in [0.25, 0.3) is 0 Å². The van der Waals surface area contributed by atoms with Crippen LogP contribution in [0.15, 0.2) is 30.7 Å². The molecule has 2 aromatic heterocycles. The van der Waals surface area contributed by atoms with Crippen molar-refractivity contribution in [3.05, 3.63) is 47.5 Å². The number of rotatable bonds is 3. The second-order valence-electron chi connectivity index (χ2n) is 5.31. The summed E-state index contributed by atoms with van der Waals surface area (Å²) in [5, 5.41) is 4.33. The van der Waals surface area contributed by atoms with Gasteiger partial charge in [-0.1, -0.05) is 6.07 Å². The van der Waals surface area contributed by atoms with Crippen molar-refractivity contribution in [2.24, 2.45) is 7.05 Å². The molecule has 0 aliphatic carbocycles. The summed E-state index contributed by atoms with van der Waals surface area (Å²) in [6.07, 6.45) is 8.27. The Kier molecular flexibility index (Phi) is 3.34. The molecular formula is C15H20N4. The second kappa shape index (κ2) is 5.13. The van der Waals surface area contributed by atoms with Crippen LogP contribution in [0.3, 0.4) is 0 Å². The van der Waals surface area contributed by atoms with E-state index in [-0.39, 0.29) is 0 Å². The van der Waals surface area contributed by atoms with Gasteiger partial charge in [-0.15, -0.1) is 0 Å². The molecule has 0 amide bonds. The van der Waals surface area contributed by atoms with Gasteiger partial charge in [-0.05, 0) is 43.5 Å². The Morgan fingerprint density at radius 1 is 1.37 bits per heavy atom. The van der Waals surface area contributed by atoms with E-state index in [9.17, 15) is 0 Å². The quantitative estimate of drug-likeness (QED) is 0.846. The fourth-order valence-electron chi connectivity index (χ4n) is 2.96. The molecule has 1 saturated heterocycles. The summed E-state index contributed by atoms with van der Waals surface area (Å²) in [7, 11) is 2.03. The molecule has 3 heterocycles. The lowest BCUT2D eigenvalue weighted by molar-refractivity contribution is 0.241. The maximum atomic E-state index is 4.33. The number of hydrogen-bond donors (Lipinski definition) is 0. The minimum Gasteiger partial charge on any atom is -0.290 e. The van der Waals surface area contributed by atoms with E-state index in [1.165, 1.54) is 29.7 Å². The highest BCUT2D eigenvalue weighted by molar-refractivity contribution is 5.19. The van der Waals surface area contributed by atoms with E-state index in [0.717, 1.165) is 13.1 Å². The molecule has 1 unspecified atom stereocenters. The first-order chi connectivity index (χ1) is 9.25. The fraction of sp³-hybridized carbons (Fsp3) is 0.467. The Balaban J connectivity index is 1.81. The van der Waals surface area contributed by atoms with Gasteiger partial charge >= 0.3 is 0 Å². The van der Waals surface area contributed by atoms with Crippen molar-refractivity contribution in [2.45, 2.75) is 32.4 Å². The van der Waals surface area contributed by atoms with Crippen LogP contribution in [0.2, 0.25) is 0 Å². The van der Waals surface area contributed by atoms with Crippen molar-refractivity contribution in [3.8, 4) is 0 Å². The van der Waals surface area contributed by atoms with E-state index in [0.29, 0.717) is 6.04 Å². The van der Waals surface area contributed by atoms with E-state index in [1.54, 1.807) is 0 Å². The average molecular weight is 256 g/mol. The van der Waals surface area contributed by atoms with Crippen LogP contribution in [0, 0.1) is 6.92 Å². The summed E-state index contributed by atoms with van der Waals surface area (Å²) >= 11 is 0. The molecule has 100 valence electrons. The number of aryl methyl sites for hydroxylation is 2. The number of likely N-dealkylation sites (tertiary alicyclic amines) is 1.